The van der Waals surface area contributed by atoms with Crippen LogP contribution in [0.1, 0.15) is 32.9 Å². The van der Waals surface area contributed by atoms with Gasteiger partial charge in [-0.05, 0) is 6.42 Å². The third-order valence-electron chi connectivity index (χ3n) is 1.87. The van der Waals surface area contributed by atoms with Gasteiger partial charge in [-0.25, -0.2) is 0 Å². The Morgan fingerprint density at radius 3 is 2.93 bits per heavy atom. The molecule has 0 aliphatic carbocycles. The normalized spacial score (nSPS) is 10.7. The molecule has 0 saturated heterocycles. The van der Waals surface area contributed by atoms with Crippen LogP contribution in [0.3, 0.4) is 0 Å². The summed E-state index contributed by atoms with van der Waals surface area (Å²) in [7, 11) is 0. The van der Waals surface area contributed by atoms with Crippen LogP contribution in [-0.4, -0.2) is 21.0 Å². The maximum absolute atomic E-state index is 11.2. The molecule has 0 saturated carbocycles. The Labute approximate surface area is 89.4 Å². The number of esters is 1. The molecule has 1 aromatic heterocycles. The summed E-state index contributed by atoms with van der Waals surface area (Å²) in [5.41, 5.74) is 0.692. The third kappa shape index (κ3) is 3.69. The van der Waals surface area contributed by atoms with E-state index < -0.39 is 0 Å². The molecular weight excluding hydrogens is 194 g/mol. The molecule has 1 heterocycles. The number of carbonyl (C=O) groups is 1. The molecular formula is C10H17N3O2. The molecule has 0 aromatic carbocycles. The van der Waals surface area contributed by atoms with Crippen LogP contribution in [0.5, 0.6) is 0 Å². The standard InChI is InChI=1S/C10H17N3O2/c1-4-5-13-6-9(11-12-13)7-15-10(14)8(2)3/h6,8H,4-5,7H2,1-3H3. The predicted octanol–water partition coefficient (Wildman–Crippen LogP) is 1.39. The van der Waals surface area contributed by atoms with Crippen molar-refractivity contribution in [2.75, 3.05) is 0 Å². The van der Waals surface area contributed by atoms with Crippen LogP contribution in [0, 0.1) is 5.92 Å². The molecule has 0 aliphatic rings. The zero-order valence-corrected chi connectivity index (χ0v) is 9.43. The van der Waals surface area contributed by atoms with Gasteiger partial charge in [0.2, 0.25) is 0 Å². The molecule has 0 fully saturated rings. The molecule has 0 spiro atoms. The quantitative estimate of drug-likeness (QED) is 0.690. The van der Waals surface area contributed by atoms with Gasteiger partial charge in [0, 0.05) is 6.54 Å². The first-order valence-electron chi connectivity index (χ1n) is 5.19. The first kappa shape index (κ1) is 11.7. The van der Waals surface area contributed by atoms with E-state index in [0.29, 0.717) is 5.69 Å². The Morgan fingerprint density at radius 1 is 1.60 bits per heavy atom. The minimum atomic E-state index is -0.208. The number of rotatable bonds is 5. The number of aryl methyl sites for hydroxylation is 1. The van der Waals surface area contributed by atoms with Gasteiger partial charge in [0.05, 0.1) is 12.1 Å². The number of ether oxygens (including phenoxy) is 1. The summed E-state index contributed by atoms with van der Waals surface area (Å²) in [6, 6.07) is 0. The van der Waals surface area contributed by atoms with E-state index in [1.165, 1.54) is 0 Å². The predicted molar refractivity (Wildman–Crippen MR) is 54.9 cm³/mol. The lowest BCUT2D eigenvalue weighted by atomic mass is 10.2. The Balaban J connectivity index is 2.40. The largest absolute Gasteiger partial charge is 0.459 e. The van der Waals surface area contributed by atoms with Crippen molar-refractivity contribution in [1.29, 1.82) is 0 Å². The SMILES string of the molecule is CCCn1cc(COC(=O)C(C)C)nn1. The van der Waals surface area contributed by atoms with Crippen molar-refractivity contribution in [3.05, 3.63) is 11.9 Å². The summed E-state index contributed by atoms with van der Waals surface area (Å²) in [6.07, 6.45) is 2.81. The van der Waals surface area contributed by atoms with Crippen molar-refractivity contribution in [3.63, 3.8) is 0 Å². The van der Waals surface area contributed by atoms with E-state index >= 15 is 0 Å². The number of aromatic nitrogens is 3. The minimum absolute atomic E-state index is 0.101. The lowest BCUT2D eigenvalue weighted by Crippen LogP contribution is -2.11. The summed E-state index contributed by atoms with van der Waals surface area (Å²) in [6.45, 7) is 6.72. The first-order valence-corrected chi connectivity index (χ1v) is 5.19. The molecule has 0 unspecified atom stereocenters. The fourth-order valence-corrected chi connectivity index (χ4v) is 1.05. The number of hydrogen-bond acceptors (Lipinski definition) is 4. The second kappa shape index (κ2) is 5.48. The molecule has 5 heteroatoms. The van der Waals surface area contributed by atoms with Crippen LogP contribution in [0.4, 0.5) is 0 Å². The van der Waals surface area contributed by atoms with Crippen LogP contribution < -0.4 is 0 Å². The summed E-state index contributed by atoms with van der Waals surface area (Å²) in [4.78, 5) is 11.2. The van der Waals surface area contributed by atoms with Crippen molar-refractivity contribution in [3.8, 4) is 0 Å². The van der Waals surface area contributed by atoms with Crippen molar-refractivity contribution < 1.29 is 9.53 Å². The molecule has 0 amide bonds. The van der Waals surface area contributed by atoms with Gasteiger partial charge in [0.1, 0.15) is 12.3 Å². The molecule has 1 rings (SSSR count). The van der Waals surface area contributed by atoms with E-state index in [9.17, 15) is 4.79 Å². The average molecular weight is 211 g/mol. The van der Waals surface area contributed by atoms with E-state index in [1.807, 2.05) is 0 Å². The molecule has 0 N–H and O–H groups in total. The molecule has 84 valence electrons. The van der Waals surface area contributed by atoms with E-state index in [-0.39, 0.29) is 18.5 Å². The monoisotopic (exact) mass is 211 g/mol. The lowest BCUT2D eigenvalue weighted by Gasteiger charge is -2.03. The Bertz CT molecular complexity index is 320. The molecule has 0 bridgehead atoms. The molecule has 0 radical (unpaired) electrons. The number of hydrogen-bond donors (Lipinski definition) is 0. The third-order valence-corrected chi connectivity index (χ3v) is 1.87. The zero-order chi connectivity index (χ0) is 11.3. The van der Waals surface area contributed by atoms with Gasteiger partial charge in [0.15, 0.2) is 0 Å². The fraction of sp³-hybridized carbons (Fsp3) is 0.700. The summed E-state index contributed by atoms with van der Waals surface area (Å²) in [5.74, 6) is -0.310. The molecule has 5 nitrogen and oxygen atoms in total. The highest BCUT2D eigenvalue weighted by molar-refractivity contribution is 5.71. The molecule has 15 heavy (non-hydrogen) atoms. The molecule has 1 aromatic rings. The number of nitrogens with zero attached hydrogens (tertiary/aromatic N) is 3. The van der Waals surface area contributed by atoms with Gasteiger partial charge in [-0.2, -0.15) is 0 Å². The van der Waals surface area contributed by atoms with E-state index in [0.717, 1.165) is 13.0 Å². The van der Waals surface area contributed by atoms with Crippen LogP contribution in [0.25, 0.3) is 0 Å². The second-order valence-corrected chi connectivity index (χ2v) is 3.74. The highest BCUT2D eigenvalue weighted by Crippen LogP contribution is 2.01. The van der Waals surface area contributed by atoms with Crippen LogP contribution in [0.15, 0.2) is 6.20 Å². The van der Waals surface area contributed by atoms with Crippen molar-refractivity contribution in [2.24, 2.45) is 5.92 Å². The highest BCUT2D eigenvalue weighted by Gasteiger charge is 2.09. The zero-order valence-electron chi connectivity index (χ0n) is 9.43. The van der Waals surface area contributed by atoms with E-state index in [2.05, 4.69) is 17.2 Å². The van der Waals surface area contributed by atoms with E-state index in [1.54, 1.807) is 24.7 Å². The molecule has 0 aliphatic heterocycles. The Hall–Kier alpha value is -1.39. The summed E-state index contributed by atoms with van der Waals surface area (Å²) >= 11 is 0. The second-order valence-electron chi connectivity index (χ2n) is 3.74. The van der Waals surface area contributed by atoms with Crippen LogP contribution >= 0.6 is 0 Å². The van der Waals surface area contributed by atoms with Gasteiger partial charge in [-0.1, -0.05) is 26.0 Å². The van der Waals surface area contributed by atoms with E-state index in [4.69, 9.17) is 4.74 Å². The van der Waals surface area contributed by atoms with Gasteiger partial charge < -0.3 is 4.74 Å². The topological polar surface area (TPSA) is 57.0 Å². The van der Waals surface area contributed by atoms with Crippen LogP contribution in [-0.2, 0) is 22.7 Å². The summed E-state index contributed by atoms with van der Waals surface area (Å²) < 4.78 is 6.77. The fourth-order valence-electron chi connectivity index (χ4n) is 1.05. The Morgan fingerprint density at radius 2 is 2.33 bits per heavy atom. The van der Waals surface area contributed by atoms with Gasteiger partial charge >= 0.3 is 5.97 Å². The van der Waals surface area contributed by atoms with Crippen molar-refractivity contribution in [2.45, 2.75) is 40.3 Å². The smallest absolute Gasteiger partial charge is 0.308 e. The molecule has 0 atom stereocenters. The maximum Gasteiger partial charge on any atom is 0.308 e. The number of carbonyl (C=O) groups excluding carboxylic acids is 1. The highest BCUT2D eigenvalue weighted by atomic mass is 16.5. The maximum atomic E-state index is 11.2. The van der Waals surface area contributed by atoms with Gasteiger partial charge in [0.25, 0.3) is 0 Å². The van der Waals surface area contributed by atoms with Gasteiger partial charge in [-0.15, -0.1) is 5.10 Å². The lowest BCUT2D eigenvalue weighted by molar-refractivity contribution is -0.148. The summed E-state index contributed by atoms with van der Waals surface area (Å²) in [5, 5.41) is 7.81. The minimum Gasteiger partial charge on any atom is -0.459 e. The van der Waals surface area contributed by atoms with Crippen LogP contribution in [0.2, 0.25) is 0 Å². The average Bonchev–Trinajstić information content (AvgIpc) is 2.62. The first-order chi connectivity index (χ1) is 7.13. The van der Waals surface area contributed by atoms with Crippen molar-refractivity contribution >= 4 is 5.97 Å². The Kier molecular flexibility index (Phi) is 4.27. The van der Waals surface area contributed by atoms with Gasteiger partial charge in [-0.3, -0.25) is 9.48 Å². The van der Waals surface area contributed by atoms with Crippen molar-refractivity contribution in [1.82, 2.24) is 15.0 Å².